The summed E-state index contributed by atoms with van der Waals surface area (Å²) >= 11 is 3.27. The van der Waals surface area contributed by atoms with Gasteiger partial charge in [-0.3, -0.25) is 4.79 Å². The molecule has 0 aliphatic rings. The van der Waals surface area contributed by atoms with Gasteiger partial charge in [0.2, 0.25) is 0 Å². The van der Waals surface area contributed by atoms with Crippen molar-refractivity contribution in [2.75, 3.05) is 11.1 Å². The Kier molecular flexibility index (Phi) is 4.05. The van der Waals surface area contributed by atoms with Gasteiger partial charge >= 0.3 is 5.97 Å². The van der Waals surface area contributed by atoms with Gasteiger partial charge in [-0.25, -0.2) is 4.79 Å². The third-order valence-corrected chi connectivity index (χ3v) is 3.33. The second kappa shape index (κ2) is 5.75. The molecule has 0 aromatic heterocycles. The van der Waals surface area contributed by atoms with Crippen LogP contribution in [-0.4, -0.2) is 17.0 Å². The van der Waals surface area contributed by atoms with Crippen LogP contribution < -0.4 is 11.1 Å². The molecule has 5 nitrogen and oxygen atoms in total. The Bertz CT molecular complexity index is 686. The first-order valence-electron chi connectivity index (χ1n) is 5.67. The molecule has 4 N–H and O–H groups in total. The third-order valence-electron chi connectivity index (χ3n) is 2.64. The van der Waals surface area contributed by atoms with E-state index < -0.39 is 11.9 Å². The molecule has 6 heteroatoms. The van der Waals surface area contributed by atoms with Gasteiger partial charge in [-0.05, 0) is 46.3 Å². The molecule has 0 aliphatic carbocycles. The van der Waals surface area contributed by atoms with Crippen LogP contribution in [0.4, 0.5) is 11.4 Å². The minimum absolute atomic E-state index is 0.0143. The number of carboxylic acids is 1. The molecule has 2 aromatic carbocycles. The van der Waals surface area contributed by atoms with Gasteiger partial charge in [-0.1, -0.05) is 12.1 Å². The SMILES string of the molecule is Nc1ccc(C(=O)O)c(NC(=O)c2ccccc2Br)c1. The fourth-order valence-electron chi connectivity index (χ4n) is 1.69. The maximum atomic E-state index is 12.1. The number of hydrogen-bond donors (Lipinski definition) is 3. The van der Waals surface area contributed by atoms with Gasteiger partial charge in [0.05, 0.1) is 16.8 Å². The van der Waals surface area contributed by atoms with Gasteiger partial charge in [0.25, 0.3) is 5.91 Å². The van der Waals surface area contributed by atoms with E-state index in [4.69, 9.17) is 10.8 Å². The van der Waals surface area contributed by atoms with E-state index >= 15 is 0 Å². The number of carbonyl (C=O) groups is 2. The Labute approximate surface area is 123 Å². The number of halogens is 1. The lowest BCUT2D eigenvalue weighted by atomic mass is 10.1. The van der Waals surface area contributed by atoms with Gasteiger partial charge in [0, 0.05) is 10.2 Å². The van der Waals surface area contributed by atoms with E-state index in [1.165, 1.54) is 18.2 Å². The van der Waals surface area contributed by atoms with E-state index in [0.717, 1.165) is 0 Å². The molecule has 0 unspecified atom stereocenters. The number of anilines is 2. The van der Waals surface area contributed by atoms with E-state index in [2.05, 4.69) is 21.2 Å². The smallest absolute Gasteiger partial charge is 0.337 e. The molecule has 0 aliphatic heterocycles. The normalized spacial score (nSPS) is 10.1. The minimum Gasteiger partial charge on any atom is -0.478 e. The predicted molar refractivity (Wildman–Crippen MR) is 79.9 cm³/mol. The molecule has 102 valence electrons. The Morgan fingerprint density at radius 2 is 1.80 bits per heavy atom. The van der Waals surface area contributed by atoms with Crippen LogP contribution in [-0.2, 0) is 0 Å². The maximum absolute atomic E-state index is 12.1. The highest BCUT2D eigenvalue weighted by atomic mass is 79.9. The Morgan fingerprint density at radius 3 is 2.45 bits per heavy atom. The molecule has 0 atom stereocenters. The van der Waals surface area contributed by atoms with E-state index in [-0.39, 0.29) is 11.3 Å². The highest BCUT2D eigenvalue weighted by Crippen LogP contribution is 2.22. The molecule has 2 aromatic rings. The summed E-state index contributed by atoms with van der Waals surface area (Å²) < 4.78 is 0.623. The number of hydrogen-bond acceptors (Lipinski definition) is 3. The summed E-state index contributed by atoms with van der Waals surface area (Å²) in [5, 5.41) is 11.7. The van der Waals surface area contributed by atoms with Gasteiger partial charge in [-0.2, -0.15) is 0 Å². The quantitative estimate of drug-likeness (QED) is 0.752. The summed E-state index contributed by atoms with van der Waals surface area (Å²) in [5.41, 5.74) is 6.55. The van der Waals surface area contributed by atoms with Gasteiger partial charge < -0.3 is 16.2 Å². The minimum atomic E-state index is -1.13. The number of nitrogen functional groups attached to an aromatic ring is 1. The van der Waals surface area contributed by atoms with E-state index in [1.807, 2.05) is 0 Å². The van der Waals surface area contributed by atoms with Crippen molar-refractivity contribution in [2.45, 2.75) is 0 Å². The van der Waals surface area contributed by atoms with Crippen molar-refractivity contribution in [3.8, 4) is 0 Å². The topological polar surface area (TPSA) is 92.4 Å². The fraction of sp³-hybridized carbons (Fsp3) is 0. The highest BCUT2D eigenvalue weighted by Gasteiger charge is 2.15. The van der Waals surface area contributed by atoms with Crippen molar-refractivity contribution in [1.82, 2.24) is 0 Å². The molecule has 0 radical (unpaired) electrons. The zero-order chi connectivity index (χ0) is 14.7. The fourth-order valence-corrected chi connectivity index (χ4v) is 2.15. The summed E-state index contributed by atoms with van der Waals surface area (Å²) in [6.07, 6.45) is 0. The first-order valence-corrected chi connectivity index (χ1v) is 6.47. The monoisotopic (exact) mass is 334 g/mol. The molecule has 1 amide bonds. The average Bonchev–Trinajstić information content (AvgIpc) is 2.38. The molecule has 0 spiro atoms. The zero-order valence-electron chi connectivity index (χ0n) is 10.3. The highest BCUT2D eigenvalue weighted by molar-refractivity contribution is 9.10. The lowest BCUT2D eigenvalue weighted by Gasteiger charge is -2.10. The second-order valence-corrected chi connectivity index (χ2v) is 4.90. The zero-order valence-corrected chi connectivity index (χ0v) is 11.8. The molecule has 0 bridgehead atoms. The summed E-state index contributed by atoms with van der Waals surface area (Å²) in [7, 11) is 0. The first-order chi connectivity index (χ1) is 9.49. The molecule has 20 heavy (non-hydrogen) atoms. The van der Waals surface area contributed by atoms with Gasteiger partial charge in [0.1, 0.15) is 0 Å². The van der Waals surface area contributed by atoms with Crippen LogP contribution in [0.5, 0.6) is 0 Å². The number of nitrogens with one attached hydrogen (secondary N) is 1. The van der Waals surface area contributed by atoms with Crippen LogP contribution in [0.1, 0.15) is 20.7 Å². The van der Waals surface area contributed by atoms with Crippen LogP contribution in [0.25, 0.3) is 0 Å². The lowest BCUT2D eigenvalue weighted by molar-refractivity contribution is 0.0698. The van der Waals surface area contributed by atoms with Crippen LogP contribution in [0.15, 0.2) is 46.9 Å². The largest absolute Gasteiger partial charge is 0.478 e. The van der Waals surface area contributed by atoms with E-state index in [1.54, 1.807) is 24.3 Å². The van der Waals surface area contributed by atoms with E-state index in [0.29, 0.717) is 15.7 Å². The molecule has 0 fully saturated rings. The van der Waals surface area contributed by atoms with Crippen molar-refractivity contribution in [1.29, 1.82) is 0 Å². The Morgan fingerprint density at radius 1 is 1.10 bits per heavy atom. The standard InChI is InChI=1S/C14H11BrN2O3/c15-11-4-2-1-3-9(11)13(18)17-12-7-8(16)5-6-10(12)14(19)20/h1-7H,16H2,(H,17,18)(H,19,20). The van der Waals surface area contributed by atoms with Crippen molar-refractivity contribution >= 4 is 39.2 Å². The molecule has 0 saturated carbocycles. The van der Waals surface area contributed by atoms with Crippen LogP contribution >= 0.6 is 15.9 Å². The van der Waals surface area contributed by atoms with Crippen molar-refractivity contribution < 1.29 is 14.7 Å². The van der Waals surface area contributed by atoms with Crippen LogP contribution in [0.2, 0.25) is 0 Å². The predicted octanol–water partition coefficient (Wildman–Crippen LogP) is 2.98. The number of amides is 1. The van der Waals surface area contributed by atoms with Gasteiger partial charge in [0.15, 0.2) is 0 Å². The number of nitrogens with two attached hydrogens (primary N) is 1. The summed E-state index contributed by atoms with van der Waals surface area (Å²) in [6.45, 7) is 0. The maximum Gasteiger partial charge on any atom is 0.337 e. The lowest BCUT2D eigenvalue weighted by Crippen LogP contribution is -2.15. The number of benzene rings is 2. The molecule has 0 saturated heterocycles. The number of rotatable bonds is 3. The van der Waals surface area contributed by atoms with E-state index in [9.17, 15) is 9.59 Å². The number of carboxylic acid groups (broad SMARTS) is 1. The summed E-state index contributed by atoms with van der Waals surface area (Å²) in [6, 6.07) is 11.1. The Balaban J connectivity index is 2.35. The van der Waals surface area contributed by atoms with Crippen molar-refractivity contribution in [2.24, 2.45) is 0 Å². The van der Waals surface area contributed by atoms with Crippen LogP contribution in [0, 0.1) is 0 Å². The summed E-state index contributed by atoms with van der Waals surface area (Å²) in [4.78, 5) is 23.3. The summed E-state index contributed by atoms with van der Waals surface area (Å²) in [5.74, 6) is -1.54. The van der Waals surface area contributed by atoms with Crippen LogP contribution in [0.3, 0.4) is 0 Å². The number of carbonyl (C=O) groups excluding carboxylic acids is 1. The van der Waals surface area contributed by atoms with Gasteiger partial charge in [-0.15, -0.1) is 0 Å². The first kappa shape index (κ1) is 14.1. The molecular weight excluding hydrogens is 324 g/mol. The third kappa shape index (κ3) is 2.97. The van der Waals surface area contributed by atoms with Crippen molar-refractivity contribution in [3.05, 3.63) is 58.1 Å². The number of aromatic carboxylic acids is 1. The molecular formula is C14H11BrN2O3. The average molecular weight is 335 g/mol. The second-order valence-electron chi connectivity index (χ2n) is 4.04. The molecule has 2 rings (SSSR count). The molecule has 0 heterocycles. The van der Waals surface area contributed by atoms with Crippen molar-refractivity contribution in [3.63, 3.8) is 0 Å². The Hall–Kier alpha value is -2.34.